The maximum atomic E-state index is 12.8. The van der Waals surface area contributed by atoms with E-state index in [2.05, 4.69) is 43.6 Å². The lowest BCUT2D eigenvalue weighted by atomic mass is 9.79. The molecule has 3 N–H and O–H groups in total. The van der Waals surface area contributed by atoms with Crippen molar-refractivity contribution in [3.8, 4) is 0 Å². The molecule has 3 rings (SSSR count). The van der Waals surface area contributed by atoms with E-state index in [1.165, 1.54) is 0 Å². The van der Waals surface area contributed by atoms with E-state index in [0.717, 1.165) is 12.8 Å². The summed E-state index contributed by atoms with van der Waals surface area (Å²) in [5.74, 6) is -0.326. The second-order valence-corrected chi connectivity index (χ2v) is 10.2. The zero-order valence-corrected chi connectivity index (χ0v) is 19.2. The summed E-state index contributed by atoms with van der Waals surface area (Å²) in [7, 11) is 0. The third-order valence-electron chi connectivity index (χ3n) is 6.19. The van der Waals surface area contributed by atoms with E-state index in [4.69, 9.17) is 0 Å². The van der Waals surface area contributed by atoms with Gasteiger partial charge in [-0.3, -0.25) is 14.4 Å². The van der Waals surface area contributed by atoms with E-state index < -0.39 is 0 Å². The van der Waals surface area contributed by atoms with Gasteiger partial charge in [0.2, 0.25) is 11.8 Å². The molecule has 7 heteroatoms. The van der Waals surface area contributed by atoms with Gasteiger partial charge in [-0.2, -0.15) is 0 Å². The topological polar surface area (TPSA) is 90.5 Å². The number of likely N-dealkylation sites (tertiary alicyclic amines) is 1. The van der Waals surface area contributed by atoms with E-state index >= 15 is 0 Å². The third-order valence-corrected chi connectivity index (χ3v) is 6.19. The van der Waals surface area contributed by atoms with Crippen LogP contribution in [-0.4, -0.2) is 59.4 Å². The molecule has 0 radical (unpaired) electrons. The van der Waals surface area contributed by atoms with Gasteiger partial charge in [-0.25, -0.2) is 0 Å². The van der Waals surface area contributed by atoms with Crippen molar-refractivity contribution in [2.75, 3.05) is 19.6 Å². The quantitative estimate of drug-likeness (QED) is 0.670. The largest absolute Gasteiger partial charge is 0.353 e. The standard InChI is InChI=1S/C24H36N4O3/c1-23(2)14-19(15-24(3,4)27-23)26-22(31)18-10-12-28(13-11-18)20(29)16-25-21(30)17-8-6-5-7-9-17/h5-9,18-19,27H,10-16H2,1-4H3,(H,25,30)(H,26,31). The van der Waals surface area contributed by atoms with Crippen LogP contribution >= 0.6 is 0 Å². The number of carbonyl (C=O) groups is 3. The molecule has 2 fully saturated rings. The molecule has 2 heterocycles. The minimum absolute atomic E-state index is 0.0142. The summed E-state index contributed by atoms with van der Waals surface area (Å²) in [5.41, 5.74) is 0.509. The summed E-state index contributed by atoms with van der Waals surface area (Å²) in [6.45, 7) is 9.76. The molecule has 0 saturated carbocycles. The van der Waals surface area contributed by atoms with Crippen molar-refractivity contribution in [2.24, 2.45) is 5.92 Å². The molecule has 7 nitrogen and oxygen atoms in total. The summed E-state index contributed by atoms with van der Waals surface area (Å²) in [4.78, 5) is 39.2. The van der Waals surface area contributed by atoms with Gasteiger partial charge in [0, 0.05) is 41.7 Å². The van der Waals surface area contributed by atoms with E-state index in [9.17, 15) is 14.4 Å². The number of rotatable bonds is 5. The summed E-state index contributed by atoms with van der Waals surface area (Å²) < 4.78 is 0. The van der Waals surface area contributed by atoms with Gasteiger partial charge in [-0.15, -0.1) is 0 Å². The van der Waals surface area contributed by atoms with Gasteiger partial charge >= 0.3 is 0 Å². The van der Waals surface area contributed by atoms with Crippen LogP contribution in [0.3, 0.4) is 0 Å². The molecule has 170 valence electrons. The molecule has 2 aliphatic rings. The van der Waals surface area contributed by atoms with Crippen LogP contribution in [0.2, 0.25) is 0 Å². The van der Waals surface area contributed by atoms with Gasteiger partial charge in [0.05, 0.1) is 6.54 Å². The fourth-order valence-electron chi connectivity index (χ4n) is 5.09. The Morgan fingerprint density at radius 1 is 1.00 bits per heavy atom. The number of amides is 3. The number of benzene rings is 1. The molecule has 2 aliphatic heterocycles. The average Bonchev–Trinajstić information content (AvgIpc) is 2.70. The Labute approximate surface area is 185 Å². The first kappa shape index (κ1) is 23.3. The highest BCUT2D eigenvalue weighted by Crippen LogP contribution is 2.29. The maximum Gasteiger partial charge on any atom is 0.251 e. The Morgan fingerprint density at radius 3 is 2.16 bits per heavy atom. The van der Waals surface area contributed by atoms with E-state index in [0.29, 0.717) is 31.5 Å². The highest BCUT2D eigenvalue weighted by atomic mass is 16.2. The van der Waals surface area contributed by atoms with Crippen LogP contribution in [0.15, 0.2) is 30.3 Å². The first-order valence-electron chi connectivity index (χ1n) is 11.3. The maximum absolute atomic E-state index is 12.8. The second-order valence-electron chi connectivity index (χ2n) is 10.2. The Bertz CT molecular complexity index is 782. The van der Waals surface area contributed by atoms with Gasteiger partial charge in [-0.1, -0.05) is 18.2 Å². The number of carbonyl (C=O) groups excluding carboxylic acids is 3. The fraction of sp³-hybridized carbons (Fsp3) is 0.625. The molecule has 0 bridgehead atoms. The summed E-state index contributed by atoms with van der Waals surface area (Å²) in [6, 6.07) is 9.01. The molecule has 0 spiro atoms. The molecule has 3 amide bonds. The van der Waals surface area contributed by atoms with Crippen LogP contribution in [0.1, 0.15) is 63.7 Å². The van der Waals surface area contributed by atoms with Gasteiger partial charge in [0.15, 0.2) is 0 Å². The summed E-state index contributed by atoms with van der Waals surface area (Å²) in [5, 5.41) is 9.58. The lowest BCUT2D eigenvalue weighted by Gasteiger charge is -2.47. The zero-order valence-electron chi connectivity index (χ0n) is 19.2. The molecule has 1 aromatic rings. The van der Waals surface area contributed by atoms with Crippen molar-refractivity contribution < 1.29 is 14.4 Å². The monoisotopic (exact) mass is 428 g/mol. The lowest BCUT2D eigenvalue weighted by molar-refractivity contribution is -0.135. The molecular weight excluding hydrogens is 392 g/mol. The summed E-state index contributed by atoms with van der Waals surface area (Å²) >= 11 is 0. The number of nitrogens with zero attached hydrogens (tertiary/aromatic N) is 1. The molecule has 0 aromatic heterocycles. The number of hydrogen-bond acceptors (Lipinski definition) is 4. The first-order chi connectivity index (χ1) is 14.5. The van der Waals surface area contributed by atoms with Crippen molar-refractivity contribution >= 4 is 17.7 Å². The van der Waals surface area contributed by atoms with Crippen LogP contribution in [0, 0.1) is 5.92 Å². The minimum atomic E-state index is -0.254. The van der Waals surface area contributed by atoms with Crippen molar-refractivity contribution in [1.82, 2.24) is 20.9 Å². The average molecular weight is 429 g/mol. The molecule has 2 saturated heterocycles. The minimum Gasteiger partial charge on any atom is -0.353 e. The van der Waals surface area contributed by atoms with E-state index in [1.807, 2.05) is 6.07 Å². The van der Waals surface area contributed by atoms with E-state index in [-0.39, 0.29) is 47.3 Å². The Kier molecular flexibility index (Phi) is 7.04. The molecule has 0 unspecified atom stereocenters. The molecule has 31 heavy (non-hydrogen) atoms. The van der Waals surface area contributed by atoms with Crippen LogP contribution in [-0.2, 0) is 9.59 Å². The number of hydrogen-bond donors (Lipinski definition) is 3. The second kappa shape index (κ2) is 9.39. The molecular formula is C24H36N4O3. The van der Waals surface area contributed by atoms with Gasteiger partial charge in [0.25, 0.3) is 5.91 Å². The SMILES string of the molecule is CC1(C)CC(NC(=O)C2CCN(C(=O)CNC(=O)c3ccccc3)CC2)CC(C)(C)N1. The van der Waals surface area contributed by atoms with Gasteiger partial charge in [0.1, 0.15) is 0 Å². The van der Waals surface area contributed by atoms with Crippen LogP contribution < -0.4 is 16.0 Å². The first-order valence-corrected chi connectivity index (χ1v) is 11.3. The Hall–Kier alpha value is -2.41. The molecule has 1 aromatic carbocycles. The van der Waals surface area contributed by atoms with Crippen molar-refractivity contribution in [1.29, 1.82) is 0 Å². The van der Waals surface area contributed by atoms with E-state index in [1.54, 1.807) is 29.2 Å². The van der Waals surface area contributed by atoms with Crippen molar-refractivity contribution in [3.05, 3.63) is 35.9 Å². The van der Waals surface area contributed by atoms with Crippen LogP contribution in [0.4, 0.5) is 0 Å². The predicted molar refractivity (Wildman–Crippen MR) is 121 cm³/mol. The molecule has 0 atom stereocenters. The third kappa shape index (κ3) is 6.53. The van der Waals surface area contributed by atoms with Gasteiger partial charge < -0.3 is 20.9 Å². The highest BCUT2D eigenvalue weighted by molar-refractivity contribution is 5.96. The summed E-state index contributed by atoms with van der Waals surface area (Å²) in [6.07, 6.45) is 3.12. The lowest BCUT2D eigenvalue weighted by Crippen LogP contribution is -2.62. The van der Waals surface area contributed by atoms with Gasteiger partial charge in [-0.05, 0) is 65.5 Å². The number of nitrogens with one attached hydrogen (secondary N) is 3. The Morgan fingerprint density at radius 2 is 1.58 bits per heavy atom. The normalized spacial score (nSPS) is 21.4. The predicted octanol–water partition coefficient (Wildman–Crippen LogP) is 2.08. The Balaban J connectivity index is 1.43. The smallest absolute Gasteiger partial charge is 0.251 e. The van der Waals surface area contributed by atoms with Crippen LogP contribution in [0.25, 0.3) is 0 Å². The number of piperidine rings is 2. The van der Waals surface area contributed by atoms with Crippen LogP contribution in [0.5, 0.6) is 0 Å². The zero-order chi connectivity index (χ0) is 22.6. The highest BCUT2D eigenvalue weighted by Gasteiger charge is 2.39. The van der Waals surface area contributed by atoms with Crippen molar-refractivity contribution in [3.63, 3.8) is 0 Å². The van der Waals surface area contributed by atoms with Crippen molar-refractivity contribution in [2.45, 2.75) is 70.5 Å². The molecule has 0 aliphatic carbocycles. The fourth-order valence-corrected chi connectivity index (χ4v) is 5.09.